The summed E-state index contributed by atoms with van der Waals surface area (Å²) in [7, 11) is 0. The van der Waals surface area contributed by atoms with Gasteiger partial charge in [-0.2, -0.15) is 0 Å². The molecule has 1 amide bonds. The van der Waals surface area contributed by atoms with Crippen LogP contribution in [0.4, 0.5) is 14.5 Å². The normalized spacial score (nSPS) is 12.0. The van der Waals surface area contributed by atoms with E-state index in [1.807, 2.05) is 6.92 Å². The summed E-state index contributed by atoms with van der Waals surface area (Å²) in [4.78, 5) is 12.0. The van der Waals surface area contributed by atoms with Gasteiger partial charge in [-0.1, -0.05) is 23.7 Å². The Hall–Kier alpha value is -1.98. The molecule has 2 aromatic carbocycles. The number of amides is 1. The Balaban J connectivity index is 1.95. The van der Waals surface area contributed by atoms with Crippen LogP contribution < -0.4 is 10.6 Å². The third kappa shape index (κ3) is 4.50. The van der Waals surface area contributed by atoms with Crippen LogP contribution in [0.15, 0.2) is 36.4 Å². The summed E-state index contributed by atoms with van der Waals surface area (Å²) in [6.07, 6.45) is 0. The lowest BCUT2D eigenvalue weighted by Crippen LogP contribution is -2.30. The van der Waals surface area contributed by atoms with Crippen molar-refractivity contribution in [3.63, 3.8) is 0 Å². The number of nitrogens with one attached hydrogen (secondary N) is 2. The van der Waals surface area contributed by atoms with Gasteiger partial charge < -0.3 is 10.6 Å². The first kappa shape index (κ1) is 17.4. The van der Waals surface area contributed by atoms with Crippen LogP contribution in [-0.4, -0.2) is 12.5 Å². The van der Waals surface area contributed by atoms with E-state index in [-0.39, 0.29) is 12.5 Å². The van der Waals surface area contributed by atoms with Crippen LogP contribution in [0.5, 0.6) is 0 Å². The molecule has 0 fully saturated rings. The van der Waals surface area contributed by atoms with Crippen LogP contribution in [0.3, 0.4) is 0 Å². The Kier molecular flexibility index (Phi) is 5.69. The Bertz CT molecular complexity index is 722. The molecule has 3 nitrogen and oxygen atoms in total. The highest BCUT2D eigenvalue weighted by Crippen LogP contribution is 2.23. The van der Waals surface area contributed by atoms with Gasteiger partial charge in [0.2, 0.25) is 5.91 Å². The molecule has 0 radical (unpaired) electrons. The van der Waals surface area contributed by atoms with Crippen LogP contribution in [0.2, 0.25) is 5.02 Å². The molecular formula is C17H17ClF2N2O. The molecule has 0 spiro atoms. The predicted molar refractivity (Wildman–Crippen MR) is 87.6 cm³/mol. The van der Waals surface area contributed by atoms with Crippen molar-refractivity contribution in [2.45, 2.75) is 19.9 Å². The molecule has 0 aromatic heterocycles. The molecule has 0 unspecified atom stereocenters. The van der Waals surface area contributed by atoms with Gasteiger partial charge in [-0.25, -0.2) is 8.78 Å². The fourth-order valence-corrected chi connectivity index (χ4v) is 2.32. The van der Waals surface area contributed by atoms with E-state index in [9.17, 15) is 13.6 Å². The molecule has 0 bridgehead atoms. The summed E-state index contributed by atoms with van der Waals surface area (Å²) in [5.74, 6) is -1.55. The number of carbonyl (C=O) groups excluding carboxylic acids is 1. The fourth-order valence-electron chi connectivity index (χ4n) is 2.15. The number of hydrogen-bond acceptors (Lipinski definition) is 2. The quantitative estimate of drug-likeness (QED) is 0.857. The molecule has 1 atom stereocenters. The molecule has 0 aliphatic rings. The van der Waals surface area contributed by atoms with Gasteiger partial charge in [-0.15, -0.1) is 0 Å². The summed E-state index contributed by atoms with van der Waals surface area (Å²) in [5.41, 5.74) is 1.71. The summed E-state index contributed by atoms with van der Waals surface area (Å²) in [6, 6.07) is 8.18. The lowest BCUT2D eigenvalue weighted by atomic mass is 10.1. The molecule has 2 N–H and O–H groups in total. The van der Waals surface area contributed by atoms with Gasteiger partial charge in [0.25, 0.3) is 0 Å². The maximum atomic E-state index is 13.7. The predicted octanol–water partition coefficient (Wildman–Crippen LogP) is 4.22. The van der Waals surface area contributed by atoms with Crippen LogP contribution in [0.1, 0.15) is 24.1 Å². The van der Waals surface area contributed by atoms with E-state index in [2.05, 4.69) is 10.6 Å². The minimum Gasteiger partial charge on any atom is -0.325 e. The van der Waals surface area contributed by atoms with Gasteiger partial charge in [0.15, 0.2) is 0 Å². The topological polar surface area (TPSA) is 41.1 Å². The van der Waals surface area contributed by atoms with E-state index in [0.29, 0.717) is 16.3 Å². The molecule has 6 heteroatoms. The van der Waals surface area contributed by atoms with E-state index in [1.165, 1.54) is 12.1 Å². The van der Waals surface area contributed by atoms with E-state index in [4.69, 9.17) is 11.6 Å². The average molecular weight is 339 g/mol. The fraction of sp³-hybridized carbons (Fsp3) is 0.235. The zero-order valence-corrected chi connectivity index (χ0v) is 13.5. The zero-order chi connectivity index (χ0) is 17.0. The van der Waals surface area contributed by atoms with Crippen molar-refractivity contribution in [3.8, 4) is 0 Å². The second-order valence-electron chi connectivity index (χ2n) is 5.23. The van der Waals surface area contributed by atoms with Crippen LogP contribution in [0, 0.1) is 18.6 Å². The van der Waals surface area contributed by atoms with Crippen molar-refractivity contribution < 1.29 is 13.6 Å². The Labute approximate surface area is 138 Å². The lowest BCUT2D eigenvalue weighted by molar-refractivity contribution is -0.115. The third-order valence-corrected chi connectivity index (χ3v) is 3.95. The summed E-state index contributed by atoms with van der Waals surface area (Å²) >= 11 is 6.00. The maximum Gasteiger partial charge on any atom is 0.238 e. The third-order valence-electron chi connectivity index (χ3n) is 3.54. The monoisotopic (exact) mass is 338 g/mol. The van der Waals surface area contributed by atoms with Gasteiger partial charge >= 0.3 is 0 Å². The van der Waals surface area contributed by atoms with Gasteiger partial charge in [-0.05, 0) is 37.6 Å². The van der Waals surface area contributed by atoms with Crippen molar-refractivity contribution in [2.24, 2.45) is 0 Å². The minimum atomic E-state index is -0.643. The van der Waals surface area contributed by atoms with Crippen molar-refractivity contribution in [3.05, 3.63) is 64.2 Å². The first-order valence-electron chi connectivity index (χ1n) is 7.11. The van der Waals surface area contributed by atoms with Crippen molar-refractivity contribution >= 4 is 23.2 Å². The molecule has 2 aromatic rings. The number of hydrogen-bond donors (Lipinski definition) is 2. The highest BCUT2D eigenvalue weighted by molar-refractivity contribution is 6.31. The number of halogens is 3. The molecule has 0 heterocycles. The Morgan fingerprint density at radius 1 is 1.26 bits per heavy atom. The molecule has 23 heavy (non-hydrogen) atoms. The van der Waals surface area contributed by atoms with Crippen molar-refractivity contribution in [1.29, 1.82) is 0 Å². The minimum absolute atomic E-state index is 0.00998. The number of benzene rings is 2. The second kappa shape index (κ2) is 7.53. The molecule has 0 saturated heterocycles. The number of carbonyl (C=O) groups is 1. The van der Waals surface area contributed by atoms with Gasteiger partial charge in [0.1, 0.15) is 11.6 Å². The van der Waals surface area contributed by atoms with Crippen LogP contribution >= 0.6 is 11.6 Å². The molecular weight excluding hydrogens is 322 g/mol. The summed E-state index contributed by atoms with van der Waals surface area (Å²) in [6.45, 7) is 3.50. The first-order chi connectivity index (χ1) is 10.9. The number of rotatable bonds is 5. The van der Waals surface area contributed by atoms with E-state index < -0.39 is 17.7 Å². The Morgan fingerprint density at radius 3 is 2.70 bits per heavy atom. The van der Waals surface area contributed by atoms with E-state index in [1.54, 1.807) is 25.1 Å². The van der Waals surface area contributed by atoms with E-state index >= 15 is 0 Å². The molecule has 2 rings (SSSR count). The molecule has 0 aliphatic heterocycles. The SMILES string of the molecule is Cc1c(Cl)cccc1NC(=O)CN[C@H](C)c1ccc(F)cc1F. The highest BCUT2D eigenvalue weighted by Gasteiger charge is 2.13. The summed E-state index contributed by atoms with van der Waals surface area (Å²) in [5, 5.41) is 6.21. The highest BCUT2D eigenvalue weighted by atomic mass is 35.5. The number of anilines is 1. The summed E-state index contributed by atoms with van der Waals surface area (Å²) < 4.78 is 26.6. The average Bonchev–Trinajstić information content (AvgIpc) is 2.49. The van der Waals surface area contributed by atoms with Gasteiger partial charge in [0, 0.05) is 28.4 Å². The van der Waals surface area contributed by atoms with Gasteiger partial charge in [0.05, 0.1) is 6.54 Å². The van der Waals surface area contributed by atoms with Crippen molar-refractivity contribution in [2.75, 3.05) is 11.9 Å². The zero-order valence-electron chi connectivity index (χ0n) is 12.8. The van der Waals surface area contributed by atoms with Crippen LogP contribution in [0.25, 0.3) is 0 Å². The second-order valence-corrected chi connectivity index (χ2v) is 5.64. The molecule has 122 valence electrons. The lowest BCUT2D eigenvalue weighted by Gasteiger charge is -2.15. The smallest absolute Gasteiger partial charge is 0.238 e. The van der Waals surface area contributed by atoms with Crippen molar-refractivity contribution in [1.82, 2.24) is 5.32 Å². The van der Waals surface area contributed by atoms with E-state index in [0.717, 1.165) is 11.6 Å². The standard InChI is InChI=1S/C17H17ClF2N2O/c1-10-14(18)4-3-5-16(10)22-17(23)9-21-11(2)13-7-6-12(19)8-15(13)20/h3-8,11,21H,9H2,1-2H3,(H,22,23)/t11-/m1/s1. The molecule has 0 aliphatic carbocycles. The van der Waals surface area contributed by atoms with Crippen LogP contribution in [-0.2, 0) is 4.79 Å². The molecule has 0 saturated carbocycles. The largest absolute Gasteiger partial charge is 0.325 e. The first-order valence-corrected chi connectivity index (χ1v) is 7.49. The van der Waals surface area contributed by atoms with Gasteiger partial charge in [-0.3, -0.25) is 4.79 Å². The maximum absolute atomic E-state index is 13.7. The Morgan fingerprint density at radius 2 is 2.00 bits per heavy atom.